The molecule has 2 heterocycles. The first-order valence-electron chi connectivity index (χ1n) is 9.86. The fourth-order valence-electron chi connectivity index (χ4n) is 3.26. The standard InChI is InChI=1S/C20H29N5O2S/c1-15(2)7-9-25-17-6-4-3-5-16(17)18(19(25)26)22-23-20(28)21-8-10-24-11-13-27-14-12-24/h3-6,15,26H,7-14H2,1-2H3,(H,21,28). The molecule has 1 fully saturated rings. The van der Waals surface area contributed by atoms with Crippen molar-refractivity contribution in [2.24, 2.45) is 16.1 Å². The van der Waals surface area contributed by atoms with E-state index >= 15 is 0 Å². The molecular formula is C20H29N5O2S. The summed E-state index contributed by atoms with van der Waals surface area (Å²) in [5.41, 5.74) is 1.43. The second-order valence-electron chi connectivity index (χ2n) is 7.41. The summed E-state index contributed by atoms with van der Waals surface area (Å²) in [5, 5.41) is 23.4. The number of aromatic nitrogens is 1. The number of aromatic hydroxyl groups is 1. The molecular weight excluding hydrogens is 374 g/mol. The van der Waals surface area contributed by atoms with Crippen LogP contribution in [0.15, 0.2) is 34.5 Å². The van der Waals surface area contributed by atoms with Gasteiger partial charge in [-0.15, -0.1) is 10.2 Å². The number of fused-ring (bicyclic) bond motifs is 1. The van der Waals surface area contributed by atoms with Crippen molar-refractivity contribution in [1.82, 2.24) is 14.8 Å². The number of benzene rings is 1. The number of azo groups is 1. The van der Waals surface area contributed by atoms with Gasteiger partial charge < -0.3 is 19.7 Å². The van der Waals surface area contributed by atoms with Crippen LogP contribution in [0.4, 0.5) is 5.69 Å². The zero-order chi connectivity index (χ0) is 19.9. The Hall–Kier alpha value is -2.03. The number of nitrogens with one attached hydrogen (secondary N) is 1. The highest BCUT2D eigenvalue weighted by molar-refractivity contribution is 7.80. The number of aryl methyl sites for hydroxylation is 1. The van der Waals surface area contributed by atoms with E-state index in [0.717, 1.165) is 56.7 Å². The third-order valence-corrected chi connectivity index (χ3v) is 5.12. The molecule has 1 aliphatic heterocycles. The second-order valence-corrected chi connectivity index (χ2v) is 7.80. The van der Waals surface area contributed by atoms with E-state index in [1.807, 2.05) is 28.8 Å². The quantitative estimate of drug-likeness (QED) is 0.545. The Morgan fingerprint density at radius 3 is 2.75 bits per heavy atom. The normalized spacial score (nSPS) is 15.7. The maximum absolute atomic E-state index is 10.7. The number of hydrogen-bond acceptors (Lipinski definition) is 5. The number of rotatable bonds is 7. The van der Waals surface area contributed by atoms with Crippen LogP contribution in [-0.2, 0) is 11.3 Å². The average molecular weight is 404 g/mol. The number of hydrogen-bond donors (Lipinski definition) is 2. The van der Waals surface area contributed by atoms with Gasteiger partial charge in [-0.1, -0.05) is 32.0 Å². The van der Waals surface area contributed by atoms with Crippen LogP contribution in [-0.4, -0.2) is 59.1 Å². The topological polar surface area (TPSA) is 74.4 Å². The summed E-state index contributed by atoms with van der Waals surface area (Å²) < 4.78 is 7.25. The zero-order valence-corrected chi connectivity index (χ0v) is 17.4. The van der Waals surface area contributed by atoms with E-state index in [9.17, 15) is 5.11 Å². The fourth-order valence-corrected chi connectivity index (χ4v) is 3.40. The van der Waals surface area contributed by atoms with Gasteiger partial charge >= 0.3 is 0 Å². The Morgan fingerprint density at radius 1 is 1.25 bits per heavy atom. The smallest absolute Gasteiger partial charge is 0.220 e. The lowest BCUT2D eigenvalue weighted by Gasteiger charge is -2.26. The van der Waals surface area contributed by atoms with Gasteiger partial charge in [0.2, 0.25) is 11.0 Å². The monoisotopic (exact) mass is 403 g/mol. The molecule has 1 aliphatic rings. The van der Waals surface area contributed by atoms with Gasteiger partial charge in [-0.2, -0.15) is 0 Å². The first kappa shape index (κ1) is 20.7. The third-order valence-electron chi connectivity index (χ3n) is 4.90. The number of nitrogens with zero attached hydrogens (tertiary/aromatic N) is 4. The van der Waals surface area contributed by atoms with Crippen molar-refractivity contribution >= 4 is 33.9 Å². The van der Waals surface area contributed by atoms with Crippen LogP contribution in [0.3, 0.4) is 0 Å². The third kappa shape index (κ3) is 5.27. The van der Waals surface area contributed by atoms with Crippen molar-refractivity contribution < 1.29 is 9.84 Å². The molecule has 0 bridgehead atoms. The van der Waals surface area contributed by atoms with Crippen LogP contribution in [0.25, 0.3) is 10.9 Å². The summed E-state index contributed by atoms with van der Waals surface area (Å²) in [4.78, 5) is 2.32. The van der Waals surface area contributed by atoms with Gasteiger partial charge in [0, 0.05) is 38.1 Å². The van der Waals surface area contributed by atoms with E-state index in [-0.39, 0.29) is 5.88 Å². The molecule has 0 spiro atoms. The van der Waals surface area contributed by atoms with Gasteiger partial charge in [0.25, 0.3) is 0 Å². The molecule has 8 heteroatoms. The van der Waals surface area contributed by atoms with Crippen molar-refractivity contribution in [1.29, 1.82) is 0 Å². The van der Waals surface area contributed by atoms with Gasteiger partial charge in [-0.05, 0) is 30.6 Å². The van der Waals surface area contributed by atoms with E-state index in [2.05, 4.69) is 34.3 Å². The van der Waals surface area contributed by atoms with E-state index in [1.54, 1.807) is 0 Å². The highest BCUT2D eigenvalue weighted by Crippen LogP contribution is 2.39. The van der Waals surface area contributed by atoms with Crippen molar-refractivity contribution in [2.75, 3.05) is 39.4 Å². The number of thiocarbonyl (C=S) groups is 1. The maximum atomic E-state index is 10.7. The summed E-state index contributed by atoms with van der Waals surface area (Å²) in [6.07, 6.45) is 0.977. The molecule has 0 atom stereocenters. The van der Waals surface area contributed by atoms with Crippen molar-refractivity contribution in [3.05, 3.63) is 24.3 Å². The Labute approximate surface area is 171 Å². The SMILES string of the molecule is CC(C)CCn1c(O)c(N=NC(=S)NCCN2CCOCC2)c2ccccc21. The van der Waals surface area contributed by atoms with Crippen LogP contribution in [0, 0.1) is 5.92 Å². The Balaban J connectivity index is 1.65. The lowest BCUT2D eigenvalue weighted by molar-refractivity contribution is 0.0389. The highest BCUT2D eigenvalue weighted by Gasteiger charge is 2.16. The molecule has 2 N–H and O–H groups in total. The molecule has 7 nitrogen and oxygen atoms in total. The van der Waals surface area contributed by atoms with E-state index in [4.69, 9.17) is 17.0 Å². The molecule has 1 saturated heterocycles. The first-order chi connectivity index (χ1) is 13.6. The molecule has 0 unspecified atom stereocenters. The lowest BCUT2D eigenvalue weighted by atomic mass is 10.1. The predicted octanol–water partition coefficient (Wildman–Crippen LogP) is 3.68. The van der Waals surface area contributed by atoms with Gasteiger partial charge in [0.1, 0.15) is 0 Å². The van der Waals surface area contributed by atoms with Gasteiger partial charge in [0.05, 0.1) is 18.7 Å². The number of morpholine rings is 1. The summed E-state index contributed by atoms with van der Waals surface area (Å²) in [6.45, 7) is 10.1. The summed E-state index contributed by atoms with van der Waals surface area (Å²) >= 11 is 5.28. The largest absolute Gasteiger partial charge is 0.493 e. The first-order valence-corrected chi connectivity index (χ1v) is 10.3. The van der Waals surface area contributed by atoms with Crippen LogP contribution in [0.5, 0.6) is 5.88 Å². The molecule has 0 aliphatic carbocycles. The Kier molecular flexibility index (Phi) is 7.36. The summed E-state index contributed by atoms with van der Waals surface area (Å²) in [7, 11) is 0. The summed E-state index contributed by atoms with van der Waals surface area (Å²) in [5.74, 6) is 0.690. The van der Waals surface area contributed by atoms with Gasteiger partial charge in [-0.3, -0.25) is 4.90 Å². The zero-order valence-electron chi connectivity index (χ0n) is 16.6. The maximum Gasteiger partial charge on any atom is 0.220 e. The van der Waals surface area contributed by atoms with E-state index in [1.165, 1.54) is 0 Å². The van der Waals surface area contributed by atoms with Crippen molar-refractivity contribution in [3.63, 3.8) is 0 Å². The second kappa shape index (κ2) is 9.95. The van der Waals surface area contributed by atoms with Crippen LogP contribution in [0.1, 0.15) is 20.3 Å². The van der Waals surface area contributed by atoms with Crippen LogP contribution < -0.4 is 5.32 Å². The highest BCUT2D eigenvalue weighted by atomic mass is 32.1. The minimum absolute atomic E-state index is 0.140. The lowest BCUT2D eigenvalue weighted by Crippen LogP contribution is -2.40. The molecule has 1 aromatic heterocycles. The molecule has 0 amide bonds. The Bertz CT molecular complexity index is 827. The van der Waals surface area contributed by atoms with Crippen LogP contribution >= 0.6 is 12.2 Å². The minimum Gasteiger partial charge on any atom is -0.493 e. The van der Waals surface area contributed by atoms with E-state index < -0.39 is 0 Å². The van der Waals surface area contributed by atoms with E-state index in [0.29, 0.717) is 23.3 Å². The molecule has 1 aromatic carbocycles. The predicted molar refractivity (Wildman–Crippen MR) is 115 cm³/mol. The van der Waals surface area contributed by atoms with Gasteiger partial charge in [0.15, 0.2) is 5.69 Å². The molecule has 0 saturated carbocycles. The van der Waals surface area contributed by atoms with Crippen LogP contribution in [0.2, 0.25) is 0 Å². The Morgan fingerprint density at radius 2 is 2.00 bits per heavy atom. The molecule has 28 heavy (non-hydrogen) atoms. The summed E-state index contributed by atoms with van der Waals surface area (Å²) in [6, 6.07) is 7.84. The van der Waals surface area contributed by atoms with Gasteiger partial charge in [-0.25, -0.2) is 0 Å². The molecule has 152 valence electrons. The molecule has 3 rings (SSSR count). The minimum atomic E-state index is 0.140. The number of para-hydroxylation sites is 1. The number of ether oxygens (including phenoxy) is 1. The molecule has 2 aromatic rings. The average Bonchev–Trinajstić information content (AvgIpc) is 2.96. The molecule has 0 radical (unpaired) electrons. The van der Waals surface area contributed by atoms with Crippen molar-refractivity contribution in [2.45, 2.75) is 26.8 Å². The fraction of sp³-hybridized carbons (Fsp3) is 0.550. The van der Waals surface area contributed by atoms with Crippen molar-refractivity contribution in [3.8, 4) is 5.88 Å².